The Balaban J connectivity index is 1.25. The molecule has 1 aliphatic heterocycles. The average Bonchev–Trinajstić information content (AvgIpc) is 2.91. The molecule has 0 aromatic carbocycles. The van der Waals surface area contributed by atoms with E-state index in [2.05, 4.69) is 79.8 Å². The second kappa shape index (κ2) is 13.5. The minimum absolute atomic E-state index is 0.358. The highest BCUT2D eigenvalue weighted by Crippen LogP contribution is 2.19. The Kier molecular flexibility index (Phi) is 9.61. The van der Waals surface area contributed by atoms with Crippen molar-refractivity contribution in [2.45, 2.75) is 102 Å². The van der Waals surface area contributed by atoms with Gasteiger partial charge in [-0.1, -0.05) is 37.8 Å². The molecule has 2 aromatic rings. The zero-order valence-corrected chi connectivity index (χ0v) is 21.2. The Hall–Kier alpha value is -2.02. The first-order valence-corrected chi connectivity index (χ1v) is 13.7. The Morgan fingerprint density at radius 2 is 0.722 bits per heavy atom. The van der Waals surface area contributed by atoms with Gasteiger partial charge in [0, 0.05) is 24.2 Å². The topological polar surface area (TPSA) is 122 Å². The summed E-state index contributed by atoms with van der Waals surface area (Å²) in [4.78, 5) is 9.68. The molecule has 3 aliphatic rings. The van der Waals surface area contributed by atoms with Crippen LogP contribution in [0.4, 0.5) is 0 Å². The molecule has 4 bridgehead atoms. The van der Waals surface area contributed by atoms with E-state index in [1.807, 2.05) is 0 Å². The molecule has 0 saturated heterocycles. The smallest absolute Gasteiger partial charge is 0.0559 e. The first-order chi connectivity index (χ1) is 17.8. The van der Waals surface area contributed by atoms with E-state index in [0.717, 1.165) is 48.5 Å². The number of hydrogen-bond donors (Lipinski definition) is 8. The quantitative estimate of drug-likeness (QED) is 0.271. The number of hydrazine groups is 4. The number of rotatable bonds is 0. The van der Waals surface area contributed by atoms with Crippen molar-refractivity contribution in [3.05, 3.63) is 59.2 Å². The van der Waals surface area contributed by atoms with Crippen molar-refractivity contribution >= 4 is 0 Å². The summed E-state index contributed by atoms with van der Waals surface area (Å²) in [6, 6.07) is 13.9. The van der Waals surface area contributed by atoms with Gasteiger partial charge in [-0.15, -0.1) is 0 Å². The van der Waals surface area contributed by atoms with Crippen LogP contribution in [0.2, 0.25) is 0 Å². The highest BCUT2D eigenvalue weighted by Gasteiger charge is 2.25. The van der Waals surface area contributed by atoms with Crippen LogP contribution in [-0.2, 0) is 26.2 Å². The molecule has 0 unspecified atom stereocenters. The summed E-state index contributed by atoms with van der Waals surface area (Å²) in [5.41, 5.74) is 32.1. The highest BCUT2D eigenvalue weighted by atomic mass is 15.4. The molecule has 196 valence electrons. The van der Waals surface area contributed by atoms with E-state index in [1.165, 1.54) is 25.7 Å². The predicted octanol–water partition coefficient (Wildman–Crippen LogP) is 1.19. The lowest BCUT2D eigenvalue weighted by Gasteiger charge is -2.33. The summed E-state index contributed by atoms with van der Waals surface area (Å²) in [5, 5.41) is 0. The van der Waals surface area contributed by atoms with Crippen molar-refractivity contribution in [3.8, 4) is 0 Å². The van der Waals surface area contributed by atoms with E-state index < -0.39 is 0 Å². The molecule has 10 heteroatoms. The van der Waals surface area contributed by atoms with Crippen LogP contribution in [0.5, 0.6) is 0 Å². The zero-order chi connectivity index (χ0) is 24.4. The van der Waals surface area contributed by atoms with Gasteiger partial charge in [-0.25, -0.2) is 0 Å². The predicted molar refractivity (Wildman–Crippen MR) is 140 cm³/mol. The molecule has 2 saturated carbocycles. The van der Waals surface area contributed by atoms with E-state index in [9.17, 15) is 0 Å². The molecule has 2 aromatic heterocycles. The summed E-state index contributed by atoms with van der Waals surface area (Å²) in [6.07, 6.45) is 9.56. The minimum Gasteiger partial charge on any atom is -0.255 e. The van der Waals surface area contributed by atoms with E-state index in [-0.39, 0.29) is 0 Å². The van der Waals surface area contributed by atoms with Gasteiger partial charge >= 0.3 is 0 Å². The molecule has 36 heavy (non-hydrogen) atoms. The fourth-order valence-electron chi connectivity index (χ4n) is 5.50. The third-order valence-electron chi connectivity index (χ3n) is 7.49. The molecule has 4 atom stereocenters. The van der Waals surface area contributed by atoms with E-state index in [0.29, 0.717) is 50.3 Å². The SMILES string of the molecule is c1cc2nc(c1)CNN[C@@H]1CCCC[C@H]1NNCc1cccc(n1)CNN[C@@H]1CCCC[C@H]1NNC2. The Morgan fingerprint density at radius 1 is 0.444 bits per heavy atom. The maximum absolute atomic E-state index is 4.84. The molecule has 8 N–H and O–H groups in total. The molecule has 2 fully saturated rings. The summed E-state index contributed by atoms with van der Waals surface area (Å²) >= 11 is 0. The molecule has 0 amide bonds. The zero-order valence-electron chi connectivity index (χ0n) is 21.2. The first kappa shape index (κ1) is 25.6. The largest absolute Gasteiger partial charge is 0.255 e. The molecular formula is C26H42N10. The van der Waals surface area contributed by atoms with Crippen molar-refractivity contribution in [3.63, 3.8) is 0 Å². The summed E-state index contributed by atoms with van der Waals surface area (Å²) < 4.78 is 0. The van der Waals surface area contributed by atoms with Crippen LogP contribution in [0.1, 0.15) is 74.1 Å². The van der Waals surface area contributed by atoms with Crippen LogP contribution in [0.25, 0.3) is 0 Å². The van der Waals surface area contributed by atoms with Crippen LogP contribution in [0.15, 0.2) is 36.4 Å². The highest BCUT2D eigenvalue weighted by molar-refractivity contribution is 5.12. The lowest BCUT2D eigenvalue weighted by Crippen LogP contribution is -2.57. The third-order valence-corrected chi connectivity index (χ3v) is 7.49. The van der Waals surface area contributed by atoms with Crippen molar-refractivity contribution in [1.82, 2.24) is 53.4 Å². The number of pyridine rings is 2. The lowest BCUT2D eigenvalue weighted by atomic mass is 9.91. The average molecular weight is 495 g/mol. The first-order valence-electron chi connectivity index (χ1n) is 13.7. The summed E-state index contributed by atoms with van der Waals surface area (Å²) in [6.45, 7) is 2.76. The molecule has 5 rings (SSSR count). The van der Waals surface area contributed by atoms with Gasteiger partial charge in [-0.2, -0.15) is 0 Å². The second-order valence-corrected chi connectivity index (χ2v) is 10.2. The van der Waals surface area contributed by atoms with E-state index in [4.69, 9.17) is 9.97 Å². The number of nitrogens with one attached hydrogen (secondary N) is 8. The summed E-state index contributed by atoms with van der Waals surface area (Å²) in [5.74, 6) is 0. The van der Waals surface area contributed by atoms with Gasteiger partial charge in [0.25, 0.3) is 0 Å². The van der Waals surface area contributed by atoms with E-state index >= 15 is 0 Å². The number of hydrogen-bond acceptors (Lipinski definition) is 10. The monoisotopic (exact) mass is 494 g/mol. The van der Waals surface area contributed by atoms with Crippen LogP contribution in [0, 0.1) is 0 Å². The molecule has 3 heterocycles. The maximum atomic E-state index is 4.84. The number of aromatic nitrogens is 2. The normalized spacial score (nSPS) is 29.1. The van der Waals surface area contributed by atoms with Gasteiger partial charge in [0.1, 0.15) is 0 Å². The lowest BCUT2D eigenvalue weighted by molar-refractivity contribution is 0.236. The Labute approximate surface area is 214 Å². The van der Waals surface area contributed by atoms with Crippen molar-refractivity contribution in [2.24, 2.45) is 0 Å². The maximum Gasteiger partial charge on any atom is 0.0559 e. The van der Waals surface area contributed by atoms with Crippen LogP contribution in [0.3, 0.4) is 0 Å². The van der Waals surface area contributed by atoms with Gasteiger partial charge in [-0.05, 0) is 49.9 Å². The fraction of sp³-hybridized carbons (Fsp3) is 0.615. The fourth-order valence-corrected chi connectivity index (χ4v) is 5.50. The molecule has 2 aliphatic carbocycles. The van der Waals surface area contributed by atoms with Crippen LogP contribution < -0.4 is 43.4 Å². The number of nitrogens with zero attached hydrogens (tertiary/aromatic N) is 2. The van der Waals surface area contributed by atoms with Gasteiger partial charge < -0.3 is 0 Å². The van der Waals surface area contributed by atoms with Crippen LogP contribution >= 0.6 is 0 Å². The molecule has 0 radical (unpaired) electrons. The van der Waals surface area contributed by atoms with Crippen molar-refractivity contribution < 1.29 is 0 Å². The number of fused-ring (bicyclic) bond motifs is 6. The van der Waals surface area contributed by atoms with Gasteiger partial charge in [0.2, 0.25) is 0 Å². The summed E-state index contributed by atoms with van der Waals surface area (Å²) in [7, 11) is 0. The molecule has 0 spiro atoms. The third kappa shape index (κ3) is 7.50. The second-order valence-electron chi connectivity index (χ2n) is 10.2. The van der Waals surface area contributed by atoms with Crippen molar-refractivity contribution in [1.29, 1.82) is 0 Å². The van der Waals surface area contributed by atoms with Gasteiger partial charge in [-0.3, -0.25) is 53.4 Å². The molecular weight excluding hydrogens is 452 g/mol. The van der Waals surface area contributed by atoms with Crippen LogP contribution in [-0.4, -0.2) is 34.1 Å². The minimum atomic E-state index is 0.358. The van der Waals surface area contributed by atoms with Crippen molar-refractivity contribution in [2.75, 3.05) is 0 Å². The van der Waals surface area contributed by atoms with Gasteiger partial charge in [0.15, 0.2) is 0 Å². The Morgan fingerprint density at radius 3 is 1.00 bits per heavy atom. The van der Waals surface area contributed by atoms with E-state index in [1.54, 1.807) is 0 Å². The van der Waals surface area contributed by atoms with Gasteiger partial charge in [0.05, 0.1) is 49.0 Å². The Bertz CT molecular complexity index is 798. The molecule has 10 nitrogen and oxygen atoms in total. The standard InChI is InChI=1S/C26H42N10/c1-2-12-24-23(11-1)33-27-15-19-7-5-9-21(31-19)17-29-35-25-13-3-4-14-26(25)36-30-18-22-10-6-8-20(32-22)16-28-34-24/h5-10,23-30,33-36H,1-4,11-18H2/t23-,24-,25-,26-/m1/s1.